The first-order valence-electron chi connectivity index (χ1n) is 5.04. The molecular formula is C10H21BrO. The van der Waals surface area contributed by atoms with Gasteiger partial charge in [0.05, 0.1) is 6.10 Å². The topological polar surface area (TPSA) is 20.2 Å². The molecule has 2 atom stereocenters. The van der Waals surface area contributed by atoms with Gasteiger partial charge in [0.25, 0.3) is 0 Å². The minimum absolute atomic E-state index is 0.142. The maximum absolute atomic E-state index is 9.63. The number of unbranched alkanes of at least 4 members (excludes halogenated alkanes) is 2. The number of alkyl halides is 1. The zero-order chi connectivity index (χ0) is 9.40. The van der Waals surface area contributed by atoms with Crippen LogP contribution in [0.4, 0.5) is 0 Å². The smallest absolute Gasteiger partial charge is 0.0665 e. The van der Waals surface area contributed by atoms with Crippen LogP contribution in [0.2, 0.25) is 0 Å². The first-order chi connectivity index (χ1) is 5.72. The van der Waals surface area contributed by atoms with Gasteiger partial charge >= 0.3 is 0 Å². The van der Waals surface area contributed by atoms with E-state index in [0.29, 0.717) is 4.83 Å². The maximum Gasteiger partial charge on any atom is 0.0665 e. The van der Waals surface area contributed by atoms with Crippen molar-refractivity contribution in [2.24, 2.45) is 0 Å². The van der Waals surface area contributed by atoms with Gasteiger partial charge in [0.15, 0.2) is 0 Å². The van der Waals surface area contributed by atoms with Gasteiger partial charge in [-0.1, -0.05) is 55.5 Å². The lowest BCUT2D eigenvalue weighted by Crippen LogP contribution is -2.19. The molecule has 74 valence electrons. The lowest BCUT2D eigenvalue weighted by atomic mass is 10.1. The highest BCUT2D eigenvalue weighted by Crippen LogP contribution is 2.17. The van der Waals surface area contributed by atoms with Gasteiger partial charge in [-0.2, -0.15) is 0 Å². The predicted molar refractivity (Wildman–Crippen MR) is 57.8 cm³/mol. The van der Waals surface area contributed by atoms with Gasteiger partial charge in [-0.05, 0) is 12.8 Å². The van der Waals surface area contributed by atoms with E-state index in [4.69, 9.17) is 0 Å². The van der Waals surface area contributed by atoms with Crippen molar-refractivity contribution in [1.82, 2.24) is 0 Å². The van der Waals surface area contributed by atoms with Crippen LogP contribution in [-0.4, -0.2) is 16.0 Å². The fraction of sp³-hybridized carbons (Fsp3) is 1.00. The van der Waals surface area contributed by atoms with Gasteiger partial charge in [0.2, 0.25) is 0 Å². The van der Waals surface area contributed by atoms with Crippen LogP contribution >= 0.6 is 15.9 Å². The summed E-state index contributed by atoms with van der Waals surface area (Å²) in [7, 11) is 0. The molecule has 0 aliphatic heterocycles. The normalized spacial score (nSPS) is 16.0. The van der Waals surface area contributed by atoms with E-state index in [0.717, 1.165) is 19.3 Å². The molecule has 0 rings (SSSR count). The number of halogens is 1. The van der Waals surface area contributed by atoms with E-state index < -0.39 is 0 Å². The molecule has 0 saturated heterocycles. The minimum atomic E-state index is -0.142. The number of rotatable bonds is 7. The third kappa shape index (κ3) is 6.01. The molecular weight excluding hydrogens is 216 g/mol. The molecule has 0 aliphatic rings. The molecule has 0 spiro atoms. The van der Waals surface area contributed by atoms with Crippen LogP contribution in [0.5, 0.6) is 0 Å². The highest BCUT2D eigenvalue weighted by atomic mass is 79.9. The number of aliphatic hydroxyl groups excluding tert-OH is 1. The minimum Gasteiger partial charge on any atom is -0.392 e. The summed E-state index contributed by atoms with van der Waals surface area (Å²) in [6.07, 6.45) is 6.62. The first kappa shape index (κ1) is 12.4. The Bertz CT molecular complexity index is 83.8. The molecule has 1 N–H and O–H groups in total. The monoisotopic (exact) mass is 236 g/mol. The summed E-state index contributed by atoms with van der Waals surface area (Å²) in [5.74, 6) is 0. The average Bonchev–Trinajstić information content (AvgIpc) is 2.10. The molecule has 12 heavy (non-hydrogen) atoms. The summed E-state index contributed by atoms with van der Waals surface area (Å²) in [5.41, 5.74) is 0. The Morgan fingerprint density at radius 1 is 1.08 bits per heavy atom. The maximum atomic E-state index is 9.63. The summed E-state index contributed by atoms with van der Waals surface area (Å²) >= 11 is 3.52. The van der Waals surface area contributed by atoms with Crippen LogP contribution in [-0.2, 0) is 0 Å². The third-order valence-electron chi connectivity index (χ3n) is 2.10. The van der Waals surface area contributed by atoms with Crippen LogP contribution in [0, 0.1) is 0 Å². The van der Waals surface area contributed by atoms with Crippen LogP contribution < -0.4 is 0 Å². The zero-order valence-corrected chi connectivity index (χ0v) is 9.81. The molecule has 1 nitrogen and oxygen atoms in total. The number of hydrogen-bond donors (Lipinski definition) is 1. The van der Waals surface area contributed by atoms with Crippen LogP contribution in [0.1, 0.15) is 52.4 Å². The van der Waals surface area contributed by atoms with Crippen molar-refractivity contribution in [2.75, 3.05) is 0 Å². The molecule has 0 bridgehead atoms. The fourth-order valence-corrected chi connectivity index (χ4v) is 1.77. The van der Waals surface area contributed by atoms with Crippen molar-refractivity contribution in [3.05, 3.63) is 0 Å². The second-order valence-corrected chi connectivity index (χ2v) is 4.54. The Morgan fingerprint density at radius 2 is 1.58 bits per heavy atom. The standard InChI is InChI=1S/C10H21BrO/c1-3-5-7-9(11)10(12)8-6-4-2/h9-10,12H,3-8H2,1-2H3/t9-,10-/m1/s1. The molecule has 0 radical (unpaired) electrons. The molecule has 0 fully saturated rings. The molecule has 0 aliphatic carbocycles. The van der Waals surface area contributed by atoms with Crippen molar-refractivity contribution in [1.29, 1.82) is 0 Å². The van der Waals surface area contributed by atoms with Gasteiger partial charge < -0.3 is 5.11 Å². The summed E-state index contributed by atoms with van der Waals surface area (Å²) in [6, 6.07) is 0. The molecule has 0 unspecified atom stereocenters. The first-order valence-corrected chi connectivity index (χ1v) is 5.96. The Balaban J connectivity index is 3.39. The second-order valence-electron chi connectivity index (χ2n) is 3.37. The SMILES string of the molecule is CCCC[C@@H](O)[C@H](Br)CCCC. The van der Waals surface area contributed by atoms with E-state index in [1.165, 1.54) is 19.3 Å². The van der Waals surface area contributed by atoms with E-state index in [9.17, 15) is 5.11 Å². The quantitative estimate of drug-likeness (QED) is 0.672. The summed E-state index contributed by atoms with van der Waals surface area (Å²) < 4.78 is 0. The van der Waals surface area contributed by atoms with Crippen LogP contribution in [0.25, 0.3) is 0 Å². The molecule has 0 aromatic rings. The summed E-state index contributed by atoms with van der Waals surface area (Å²) in [6.45, 7) is 4.33. The number of aliphatic hydroxyl groups is 1. The Morgan fingerprint density at radius 3 is 2.08 bits per heavy atom. The second kappa shape index (κ2) is 8.06. The summed E-state index contributed by atoms with van der Waals surface area (Å²) in [5, 5.41) is 9.63. The molecule has 0 heterocycles. The average molecular weight is 237 g/mol. The van der Waals surface area contributed by atoms with Crippen molar-refractivity contribution in [3.63, 3.8) is 0 Å². The van der Waals surface area contributed by atoms with Crippen molar-refractivity contribution >= 4 is 15.9 Å². The van der Waals surface area contributed by atoms with Gasteiger partial charge in [-0.3, -0.25) is 0 Å². The third-order valence-corrected chi connectivity index (χ3v) is 3.17. The van der Waals surface area contributed by atoms with Crippen LogP contribution in [0.3, 0.4) is 0 Å². The Hall–Kier alpha value is 0.440. The summed E-state index contributed by atoms with van der Waals surface area (Å²) in [4.78, 5) is 0.309. The van der Waals surface area contributed by atoms with E-state index in [1.54, 1.807) is 0 Å². The zero-order valence-electron chi connectivity index (χ0n) is 8.22. The van der Waals surface area contributed by atoms with Crippen molar-refractivity contribution in [3.8, 4) is 0 Å². The fourth-order valence-electron chi connectivity index (χ4n) is 1.19. The molecule has 0 amide bonds. The van der Waals surface area contributed by atoms with E-state index in [2.05, 4.69) is 29.8 Å². The van der Waals surface area contributed by atoms with Gasteiger partial charge in [0.1, 0.15) is 0 Å². The van der Waals surface area contributed by atoms with Crippen LogP contribution in [0.15, 0.2) is 0 Å². The predicted octanol–water partition coefficient (Wildman–Crippen LogP) is 3.49. The van der Waals surface area contributed by atoms with Crippen molar-refractivity contribution in [2.45, 2.75) is 63.3 Å². The largest absolute Gasteiger partial charge is 0.392 e. The van der Waals surface area contributed by atoms with Gasteiger partial charge in [-0.15, -0.1) is 0 Å². The van der Waals surface area contributed by atoms with E-state index in [-0.39, 0.29) is 6.10 Å². The molecule has 0 aromatic carbocycles. The highest BCUT2D eigenvalue weighted by Gasteiger charge is 2.13. The number of hydrogen-bond acceptors (Lipinski definition) is 1. The molecule has 0 saturated carbocycles. The van der Waals surface area contributed by atoms with Gasteiger partial charge in [0, 0.05) is 4.83 Å². The Labute approximate surface area is 84.7 Å². The lowest BCUT2D eigenvalue weighted by molar-refractivity contribution is 0.156. The van der Waals surface area contributed by atoms with E-state index in [1.807, 2.05) is 0 Å². The molecule has 2 heteroatoms. The Kier molecular flexibility index (Phi) is 8.35. The van der Waals surface area contributed by atoms with E-state index >= 15 is 0 Å². The highest BCUT2D eigenvalue weighted by molar-refractivity contribution is 9.09. The lowest BCUT2D eigenvalue weighted by Gasteiger charge is -2.16. The van der Waals surface area contributed by atoms with Gasteiger partial charge in [-0.25, -0.2) is 0 Å². The van der Waals surface area contributed by atoms with Crippen molar-refractivity contribution < 1.29 is 5.11 Å². The molecule has 0 aromatic heterocycles.